The second-order valence-corrected chi connectivity index (χ2v) is 15.9. The summed E-state index contributed by atoms with van der Waals surface area (Å²) < 4.78 is 79.5. The second-order valence-electron chi connectivity index (χ2n) is 12.1. The van der Waals surface area contributed by atoms with E-state index in [-0.39, 0.29) is 75.6 Å². The molecule has 3 heterocycles. The van der Waals surface area contributed by atoms with Crippen molar-refractivity contribution >= 4 is 33.5 Å². The molecule has 1 fully saturated rings. The Balaban J connectivity index is -0.000000140. The number of alkyl halides is 4. The fraction of sp³-hybridized carbons (Fsp3) is 0.667. The Labute approximate surface area is 346 Å². The van der Waals surface area contributed by atoms with E-state index in [2.05, 4.69) is 14.4 Å². The summed E-state index contributed by atoms with van der Waals surface area (Å²) in [6.45, 7) is 23.6. The van der Waals surface area contributed by atoms with Crippen molar-refractivity contribution in [2.45, 2.75) is 118 Å². The minimum atomic E-state index is -2.62. The van der Waals surface area contributed by atoms with E-state index in [0.717, 1.165) is 19.3 Å². The first-order chi connectivity index (χ1) is 24.9. The van der Waals surface area contributed by atoms with Crippen molar-refractivity contribution in [3.63, 3.8) is 0 Å². The van der Waals surface area contributed by atoms with Gasteiger partial charge in [0.2, 0.25) is 0 Å². The fourth-order valence-electron chi connectivity index (χ4n) is 2.40. The number of nitrogens with two attached hydrogens (primary N) is 1. The average molecular weight is 871 g/mol. The van der Waals surface area contributed by atoms with Crippen LogP contribution in [-0.4, -0.2) is 99.4 Å². The fourth-order valence-corrected chi connectivity index (χ4v) is 3.03. The topological polar surface area (TPSA) is 206 Å². The van der Waals surface area contributed by atoms with Crippen LogP contribution in [0.1, 0.15) is 136 Å². The summed E-state index contributed by atoms with van der Waals surface area (Å²) >= 11 is 0. The number of halogens is 4. The first kappa shape index (κ1) is 65.0. The number of carbonyl (C=O) groups is 1. The molecule has 0 radical (unpaired) electrons. The number of aliphatic hydroxyl groups is 4. The molecule has 1 saturated heterocycles. The Morgan fingerprint density at radius 2 is 1.07 bits per heavy atom. The van der Waals surface area contributed by atoms with Crippen LogP contribution in [0.15, 0.2) is 41.1 Å². The molecule has 0 amide bonds. The van der Waals surface area contributed by atoms with E-state index in [1.807, 2.05) is 20.8 Å². The van der Waals surface area contributed by atoms with Crippen molar-refractivity contribution in [2.75, 3.05) is 39.6 Å². The summed E-state index contributed by atoms with van der Waals surface area (Å²) in [7, 11) is -2.59. The van der Waals surface area contributed by atoms with Gasteiger partial charge in [-0.3, -0.25) is 19.9 Å². The summed E-state index contributed by atoms with van der Waals surface area (Å²) in [5.74, 6) is -0.237. The second kappa shape index (κ2) is 40.3. The Morgan fingerprint density at radius 1 is 0.764 bits per heavy atom. The molecule has 55 heavy (non-hydrogen) atoms. The number of aliphatic hydroxyl groups excluding tert-OH is 4. The zero-order chi connectivity index (χ0) is 43.5. The molecule has 322 valence electrons. The van der Waals surface area contributed by atoms with E-state index in [4.69, 9.17) is 30.3 Å². The third-order valence-electron chi connectivity index (χ3n) is 5.01. The number of hydrogen-bond acceptors (Lipinski definition) is 10. The first-order valence-electron chi connectivity index (χ1n) is 17.1. The molecule has 0 aromatic carbocycles. The van der Waals surface area contributed by atoms with Gasteiger partial charge in [-0.25, -0.2) is 26.0 Å². The van der Waals surface area contributed by atoms with E-state index >= 15 is 0 Å². The predicted molar refractivity (Wildman–Crippen MR) is 212 cm³/mol. The molecule has 2 atom stereocenters. The number of ketones is 1. The molecule has 0 saturated carbocycles. The number of aromatic nitrogens is 2. The van der Waals surface area contributed by atoms with E-state index in [9.17, 15) is 30.8 Å². The number of Topliss-reactive ketones (excluding diaryl/α,β-unsaturated/α-hetero) is 1. The molecule has 12 nitrogen and oxygen atoms in total. The molecular weight excluding hydrogens is 804 g/mol. The van der Waals surface area contributed by atoms with Gasteiger partial charge in [0.1, 0.15) is 22.4 Å². The third-order valence-corrected chi connectivity index (χ3v) is 7.70. The Morgan fingerprint density at radius 3 is 1.31 bits per heavy atom. The number of ether oxygens (including phenoxy) is 1. The minimum Gasteiger partial charge on any atom is -0.397 e. The van der Waals surface area contributed by atoms with E-state index in [0.29, 0.717) is 11.3 Å². The number of carbonyl (C=O) groups excluding carboxylic acids is 1. The summed E-state index contributed by atoms with van der Waals surface area (Å²) in [4.78, 5) is 17.7. The maximum atomic E-state index is 12.5. The van der Waals surface area contributed by atoms with Crippen molar-refractivity contribution in [1.82, 2.24) is 9.97 Å². The zero-order valence-electron chi connectivity index (χ0n) is 34.4. The first-order valence-corrected chi connectivity index (χ1v) is 19.4. The van der Waals surface area contributed by atoms with Crippen molar-refractivity contribution in [3.05, 3.63) is 59.2 Å². The van der Waals surface area contributed by atoms with Crippen LogP contribution in [0.25, 0.3) is 0 Å². The molecule has 6 N–H and O–H groups in total. The van der Waals surface area contributed by atoms with Crippen molar-refractivity contribution in [3.8, 4) is 0 Å². The molecule has 0 spiro atoms. The molecule has 0 bridgehead atoms. The van der Waals surface area contributed by atoms with Gasteiger partial charge in [-0.1, -0.05) is 0 Å². The monoisotopic (exact) mass is 870 g/mol. The van der Waals surface area contributed by atoms with Gasteiger partial charge >= 0.3 is 0 Å². The molecule has 0 aliphatic carbocycles. The molecule has 0 unspecified atom stereocenters. The van der Waals surface area contributed by atoms with E-state index in [1.165, 1.54) is 44.3 Å². The summed E-state index contributed by atoms with van der Waals surface area (Å²) in [5.41, 5.74) is 0.581. The van der Waals surface area contributed by atoms with Gasteiger partial charge in [-0.2, -0.15) is 4.40 Å². The predicted octanol–water partition coefficient (Wildman–Crippen LogP) is 6.71. The molecule has 1 aliphatic heterocycles. The smallest absolute Gasteiger partial charge is 0.280 e. The average Bonchev–Trinajstić information content (AvgIpc) is 3.67. The summed E-state index contributed by atoms with van der Waals surface area (Å²) in [6.07, 6.45) is -0.177. The SMILES string of the molecule is C1CCOC1.CC(=N[S@](=O)C(C)(C)C)c1ccnc(C(F)F)c1.CC(=O)c1ccnc(C(F)F)c1.CC(C)(C)[S@](N)=O.CCO.CCO.CCO.CCO.[Ti]. The van der Waals surface area contributed by atoms with Crippen LogP contribution in [0.2, 0.25) is 0 Å². The molecule has 2 aromatic rings. The molecule has 2 aromatic heterocycles. The third kappa shape index (κ3) is 43.1. The van der Waals surface area contributed by atoms with Crippen LogP contribution in [0.5, 0.6) is 0 Å². The normalized spacial score (nSPS) is 12.7. The Kier molecular flexibility index (Phi) is 47.7. The number of rotatable bonds is 5. The molecule has 3 rings (SSSR count). The van der Waals surface area contributed by atoms with Crippen LogP contribution in [0, 0.1) is 0 Å². The molecule has 1 aliphatic rings. The standard InChI is InChI=1S/C12H16F2N2OS.C8H7F2NO.C4H11NOS.C4H8O.4C2H6O.Ti/c1-8(16-18(17)12(2,3)4)9-5-6-15-10(7-9)11(13)14;1-5(12)6-2-3-11-7(4-6)8(9)10;1-4(2,3)7(5)6;1-2-4-5-3-1;4*1-2-3;/h5-7,11H,1-4H3;2-4,8H,1H3;5H2,1-3H3;1-4H2;4*3H,2H2,1H3;/t18-;;7-;;;;;;/m1.1....../s1. The maximum absolute atomic E-state index is 12.5. The number of pyridine rings is 2. The quantitative estimate of drug-likeness (QED) is 0.0930. The van der Waals surface area contributed by atoms with Gasteiger partial charge in [0, 0.05) is 79.3 Å². The largest absolute Gasteiger partial charge is 0.397 e. The summed E-state index contributed by atoms with van der Waals surface area (Å²) in [5, 5.41) is 35.3. The van der Waals surface area contributed by atoms with Crippen LogP contribution in [0.4, 0.5) is 17.6 Å². The van der Waals surface area contributed by atoms with E-state index in [1.54, 1.807) is 61.5 Å². The summed E-state index contributed by atoms with van der Waals surface area (Å²) in [6, 6.07) is 5.36. The number of nitrogens with zero attached hydrogens (tertiary/aromatic N) is 3. The molecular formula is C36H66F4N4O8S2Ti. The minimum absolute atomic E-state index is 0. The van der Waals surface area contributed by atoms with Gasteiger partial charge in [-0.05, 0) is 126 Å². The van der Waals surface area contributed by atoms with Crippen LogP contribution in [-0.2, 0) is 48.4 Å². The van der Waals surface area contributed by atoms with Gasteiger partial charge < -0.3 is 25.2 Å². The van der Waals surface area contributed by atoms with Gasteiger partial charge in [0.05, 0.1) is 26.2 Å². The van der Waals surface area contributed by atoms with Crippen LogP contribution >= 0.6 is 0 Å². The number of hydrogen-bond donors (Lipinski definition) is 5. The van der Waals surface area contributed by atoms with Crippen molar-refractivity contribution in [2.24, 2.45) is 9.54 Å². The van der Waals surface area contributed by atoms with E-state index < -0.39 is 39.6 Å². The van der Waals surface area contributed by atoms with Crippen LogP contribution in [0.3, 0.4) is 0 Å². The zero-order valence-corrected chi connectivity index (χ0v) is 37.6. The van der Waals surface area contributed by atoms with Crippen molar-refractivity contribution in [1.29, 1.82) is 0 Å². The van der Waals surface area contributed by atoms with Crippen molar-refractivity contribution < 1.29 is 77.7 Å². The Bertz CT molecular complexity index is 1270. The molecule has 19 heteroatoms. The maximum Gasteiger partial charge on any atom is 0.280 e. The van der Waals surface area contributed by atoms with Crippen LogP contribution < -0.4 is 5.14 Å². The van der Waals surface area contributed by atoms with Gasteiger partial charge in [0.15, 0.2) is 5.78 Å². The Hall–Kier alpha value is -1.87. The van der Waals surface area contributed by atoms with Gasteiger partial charge in [0.25, 0.3) is 12.9 Å². The van der Waals surface area contributed by atoms with Gasteiger partial charge in [-0.15, -0.1) is 0 Å².